The van der Waals surface area contributed by atoms with E-state index in [2.05, 4.69) is 24.5 Å². The van der Waals surface area contributed by atoms with E-state index in [1.165, 1.54) is 24.5 Å². The summed E-state index contributed by atoms with van der Waals surface area (Å²) in [6, 6.07) is 5.29. The molecule has 0 saturated carbocycles. The molecular formula is C21H30N4O4S. The number of nitrogens with zero attached hydrogens (tertiary/aromatic N) is 2. The van der Waals surface area contributed by atoms with E-state index >= 15 is 0 Å². The summed E-state index contributed by atoms with van der Waals surface area (Å²) in [4.78, 5) is 27.4. The average molecular weight is 435 g/mol. The lowest BCUT2D eigenvalue weighted by molar-refractivity contribution is -0.138. The van der Waals surface area contributed by atoms with Gasteiger partial charge in [-0.05, 0) is 37.4 Å². The number of benzene rings is 1. The Morgan fingerprint density at radius 3 is 2.57 bits per heavy atom. The highest BCUT2D eigenvalue weighted by molar-refractivity contribution is 7.89. The maximum Gasteiger partial charge on any atom is 0.264 e. The molecule has 2 heterocycles. The zero-order valence-electron chi connectivity index (χ0n) is 17.9. The van der Waals surface area contributed by atoms with Crippen LogP contribution in [0.4, 0.5) is 0 Å². The molecule has 1 saturated heterocycles. The van der Waals surface area contributed by atoms with Gasteiger partial charge in [0.2, 0.25) is 11.8 Å². The van der Waals surface area contributed by atoms with Gasteiger partial charge < -0.3 is 15.5 Å². The molecule has 1 aromatic rings. The predicted octanol–water partition coefficient (Wildman–Crippen LogP) is 1.19. The van der Waals surface area contributed by atoms with Crippen molar-refractivity contribution in [1.29, 1.82) is 0 Å². The van der Waals surface area contributed by atoms with Crippen molar-refractivity contribution < 1.29 is 18.0 Å². The SMILES string of the molecule is Cc1ccc(S(=O)(=O)N2C=CNC(=O)[C@H]2CC(=O)N(C)[C@@H]2CCNCC2(C)C)cc1. The molecule has 1 aromatic carbocycles. The minimum absolute atomic E-state index is 0.00981. The molecule has 164 valence electrons. The normalized spacial score (nSPS) is 23.7. The van der Waals surface area contributed by atoms with Crippen molar-refractivity contribution in [2.24, 2.45) is 5.41 Å². The number of sulfonamides is 1. The molecule has 2 aliphatic heterocycles. The lowest BCUT2D eigenvalue weighted by Gasteiger charge is -2.44. The number of piperidine rings is 1. The van der Waals surface area contributed by atoms with Crippen LogP contribution < -0.4 is 10.6 Å². The summed E-state index contributed by atoms with van der Waals surface area (Å²) < 4.78 is 27.3. The Hall–Kier alpha value is -2.39. The molecule has 0 aliphatic carbocycles. The van der Waals surface area contributed by atoms with E-state index < -0.39 is 22.0 Å². The molecule has 8 nitrogen and oxygen atoms in total. The van der Waals surface area contributed by atoms with Crippen molar-refractivity contribution in [3.05, 3.63) is 42.2 Å². The van der Waals surface area contributed by atoms with Crippen LogP contribution in [0.1, 0.15) is 32.3 Å². The number of carbonyl (C=O) groups excluding carboxylic acids is 2. The molecule has 0 bridgehead atoms. The Labute approximate surface area is 178 Å². The number of hydrogen-bond donors (Lipinski definition) is 2. The first-order valence-electron chi connectivity index (χ1n) is 10.1. The summed E-state index contributed by atoms with van der Waals surface area (Å²) >= 11 is 0. The van der Waals surface area contributed by atoms with Gasteiger partial charge in [-0.2, -0.15) is 0 Å². The van der Waals surface area contributed by atoms with Gasteiger partial charge in [0.05, 0.1) is 11.3 Å². The minimum atomic E-state index is -3.97. The Bertz CT molecular complexity index is 940. The van der Waals surface area contributed by atoms with Gasteiger partial charge in [0, 0.05) is 32.0 Å². The Morgan fingerprint density at radius 2 is 1.93 bits per heavy atom. The van der Waals surface area contributed by atoms with Crippen molar-refractivity contribution in [3.8, 4) is 0 Å². The highest BCUT2D eigenvalue weighted by atomic mass is 32.2. The third-order valence-corrected chi connectivity index (χ3v) is 7.76. The number of nitrogens with one attached hydrogen (secondary N) is 2. The van der Waals surface area contributed by atoms with E-state index in [4.69, 9.17) is 0 Å². The van der Waals surface area contributed by atoms with Crippen LogP contribution >= 0.6 is 0 Å². The van der Waals surface area contributed by atoms with Gasteiger partial charge in [-0.25, -0.2) is 8.42 Å². The molecule has 9 heteroatoms. The van der Waals surface area contributed by atoms with E-state index in [1.807, 2.05) is 6.92 Å². The third kappa shape index (κ3) is 4.37. The molecule has 2 atom stereocenters. The quantitative estimate of drug-likeness (QED) is 0.725. The van der Waals surface area contributed by atoms with Gasteiger partial charge in [-0.1, -0.05) is 31.5 Å². The van der Waals surface area contributed by atoms with E-state index in [9.17, 15) is 18.0 Å². The van der Waals surface area contributed by atoms with Crippen LogP contribution in [0.3, 0.4) is 0 Å². The summed E-state index contributed by atoms with van der Waals surface area (Å²) in [5.41, 5.74) is 0.809. The highest BCUT2D eigenvalue weighted by Crippen LogP contribution is 2.30. The lowest BCUT2D eigenvalue weighted by Crippen LogP contribution is -2.56. The van der Waals surface area contributed by atoms with Crippen LogP contribution in [-0.2, 0) is 19.6 Å². The minimum Gasteiger partial charge on any atom is -0.342 e. The second-order valence-electron chi connectivity index (χ2n) is 8.67. The molecule has 1 fully saturated rings. The number of amides is 2. The lowest BCUT2D eigenvalue weighted by atomic mass is 9.79. The summed E-state index contributed by atoms with van der Waals surface area (Å²) in [5.74, 6) is -0.769. The largest absolute Gasteiger partial charge is 0.342 e. The van der Waals surface area contributed by atoms with Crippen LogP contribution in [0.5, 0.6) is 0 Å². The number of aryl methyl sites for hydroxylation is 1. The fourth-order valence-electron chi connectivity index (χ4n) is 4.13. The highest BCUT2D eigenvalue weighted by Gasteiger charge is 2.41. The van der Waals surface area contributed by atoms with Crippen LogP contribution in [0.25, 0.3) is 0 Å². The maximum atomic E-state index is 13.2. The fraction of sp³-hybridized carbons (Fsp3) is 0.524. The van der Waals surface area contributed by atoms with Crippen molar-refractivity contribution in [1.82, 2.24) is 19.8 Å². The van der Waals surface area contributed by atoms with E-state index in [0.717, 1.165) is 29.4 Å². The van der Waals surface area contributed by atoms with Gasteiger partial charge in [-0.3, -0.25) is 13.9 Å². The first-order chi connectivity index (χ1) is 14.0. The van der Waals surface area contributed by atoms with Gasteiger partial charge in [0.25, 0.3) is 10.0 Å². The van der Waals surface area contributed by atoms with Crippen molar-refractivity contribution in [3.63, 3.8) is 0 Å². The molecule has 2 N–H and O–H groups in total. The average Bonchev–Trinajstić information content (AvgIpc) is 2.68. The van der Waals surface area contributed by atoms with Crippen LogP contribution in [-0.4, -0.2) is 61.7 Å². The van der Waals surface area contributed by atoms with Crippen molar-refractivity contribution >= 4 is 21.8 Å². The number of rotatable bonds is 5. The summed E-state index contributed by atoms with van der Waals surface area (Å²) in [6.07, 6.45) is 3.17. The zero-order valence-corrected chi connectivity index (χ0v) is 18.7. The molecule has 0 spiro atoms. The molecule has 0 aromatic heterocycles. The third-order valence-electron chi connectivity index (χ3n) is 5.96. The van der Waals surface area contributed by atoms with E-state index in [-0.39, 0.29) is 28.7 Å². The first-order valence-corrected chi connectivity index (χ1v) is 11.5. The molecule has 3 rings (SSSR count). The van der Waals surface area contributed by atoms with Crippen LogP contribution in [0.15, 0.2) is 41.6 Å². The standard InChI is InChI=1S/C21H30N4O4S/c1-15-5-7-16(8-6-15)30(28,29)25-12-11-23-20(27)17(25)13-19(26)24(4)18-9-10-22-14-21(18,2)3/h5-8,11-12,17-18,22H,9-10,13-14H2,1-4H3,(H,23,27)/t17-,18-/m1/s1. The maximum absolute atomic E-state index is 13.2. The van der Waals surface area contributed by atoms with Gasteiger partial charge in [0.1, 0.15) is 6.04 Å². The number of carbonyl (C=O) groups is 2. The van der Waals surface area contributed by atoms with Crippen molar-refractivity contribution in [2.45, 2.75) is 50.6 Å². The topological polar surface area (TPSA) is 98.8 Å². The van der Waals surface area contributed by atoms with Gasteiger partial charge in [0.15, 0.2) is 0 Å². The van der Waals surface area contributed by atoms with Crippen LogP contribution in [0, 0.1) is 12.3 Å². The second-order valence-corrected chi connectivity index (χ2v) is 10.5. The van der Waals surface area contributed by atoms with Crippen molar-refractivity contribution in [2.75, 3.05) is 20.1 Å². The zero-order chi connectivity index (χ0) is 22.1. The second kappa shape index (κ2) is 8.39. The predicted molar refractivity (Wildman–Crippen MR) is 114 cm³/mol. The molecule has 0 unspecified atom stereocenters. The van der Waals surface area contributed by atoms with Crippen LogP contribution in [0.2, 0.25) is 0 Å². The monoisotopic (exact) mass is 434 g/mol. The van der Waals surface area contributed by atoms with Gasteiger partial charge >= 0.3 is 0 Å². The number of hydrogen-bond acceptors (Lipinski definition) is 5. The molecule has 30 heavy (non-hydrogen) atoms. The summed E-state index contributed by atoms with van der Waals surface area (Å²) in [7, 11) is -2.24. The Kier molecular flexibility index (Phi) is 6.24. The van der Waals surface area contributed by atoms with Gasteiger partial charge in [-0.15, -0.1) is 0 Å². The molecule has 2 aliphatic rings. The first kappa shape index (κ1) is 22.3. The summed E-state index contributed by atoms with van der Waals surface area (Å²) in [5, 5.41) is 5.87. The smallest absolute Gasteiger partial charge is 0.264 e. The molecule has 0 radical (unpaired) electrons. The Morgan fingerprint density at radius 1 is 1.27 bits per heavy atom. The Balaban J connectivity index is 1.83. The molecular weight excluding hydrogens is 404 g/mol. The van der Waals surface area contributed by atoms with E-state index in [1.54, 1.807) is 24.1 Å². The fourth-order valence-corrected chi connectivity index (χ4v) is 5.58. The van der Waals surface area contributed by atoms with E-state index in [0.29, 0.717) is 0 Å². The molecule has 2 amide bonds. The summed E-state index contributed by atoms with van der Waals surface area (Å²) in [6.45, 7) is 7.65.